The summed E-state index contributed by atoms with van der Waals surface area (Å²) in [7, 11) is 2.76. The fraction of sp³-hybridized carbons (Fsp3) is 0.185. The molecule has 2 N–H and O–H groups in total. The molecule has 0 fully saturated rings. The number of nitrogens with zero attached hydrogens (tertiary/aromatic N) is 2. The summed E-state index contributed by atoms with van der Waals surface area (Å²) in [5.41, 5.74) is -0.514. The first-order chi connectivity index (χ1) is 19.1. The van der Waals surface area contributed by atoms with E-state index in [9.17, 15) is 27.6 Å². The van der Waals surface area contributed by atoms with Gasteiger partial charge in [-0.25, -0.2) is 4.79 Å². The third-order valence-corrected chi connectivity index (χ3v) is 5.73. The van der Waals surface area contributed by atoms with Crippen molar-refractivity contribution in [2.45, 2.75) is 19.5 Å². The lowest BCUT2D eigenvalue weighted by Crippen LogP contribution is -2.38. The lowest BCUT2D eigenvalue weighted by atomic mass is 10.0. The van der Waals surface area contributed by atoms with Crippen LogP contribution in [0.3, 0.4) is 0 Å². The number of aromatic nitrogens is 3. The minimum absolute atomic E-state index is 0.00407. The van der Waals surface area contributed by atoms with Crippen LogP contribution >= 0.6 is 0 Å². The molecule has 2 aromatic carbocycles. The Bertz CT molecular complexity index is 1600. The molecular weight excluding hydrogens is 533 g/mol. The van der Waals surface area contributed by atoms with Gasteiger partial charge in [0.15, 0.2) is 0 Å². The number of benzene rings is 2. The van der Waals surface area contributed by atoms with Crippen LogP contribution in [0, 0.1) is 0 Å². The summed E-state index contributed by atoms with van der Waals surface area (Å²) >= 11 is 0. The molecule has 1 amide bonds. The summed E-state index contributed by atoms with van der Waals surface area (Å²) in [6.45, 7) is -0.409. The summed E-state index contributed by atoms with van der Waals surface area (Å²) in [5.74, 6) is -1.08. The Morgan fingerprint density at radius 1 is 1.00 bits per heavy atom. The van der Waals surface area contributed by atoms with Gasteiger partial charge in [0, 0.05) is 29.8 Å². The topological polar surface area (TPSA) is 125 Å². The lowest BCUT2D eigenvalue weighted by molar-refractivity contribution is -0.274. The molecule has 0 bridgehead atoms. The normalized spacial score (nSPS) is 11.1. The Morgan fingerprint density at radius 2 is 1.75 bits per heavy atom. The van der Waals surface area contributed by atoms with Gasteiger partial charge in [0.25, 0.3) is 11.5 Å². The van der Waals surface area contributed by atoms with E-state index in [-0.39, 0.29) is 29.6 Å². The van der Waals surface area contributed by atoms with Gasteiger partial charge in [-0.05, 0) is 23.3 Å². The second-order valence-electron chi connectivity index (χ2n) is 8.36. The molecule has 13 heteroatoms. The van der Waals surface area contributed by atoms with Crippen LogP contribution in [0.2, 0.25) is 0 Å². The Morgan fingerprint density at radius 3 is 2.40 bits per heavy atom. The third-order valence-electron chi connectivity index (χ3n) is 5.73. The zero-order valence-corrected chi connectivity index (χ0v) is 21.2. The Balaban J connectivity index is 1.57. The van der Waals surface area contributed by atoms with Gasteiger partial charge in [0.2, 0.25) is 11.8 Å². The molecule has 208 valence electrons. The van der Waals surface area contributed by atoms with E-state index >= 15 is 0 Å². The van der Waals surface area contributed by atoms with Crippen molar-refractivity contribution < 1.29 is 32.2 Å². The molecule has 10 nitrogen and oxygen atoms in total. The first-order valence-electron chi connectivity index (χ1n) is 11.7. The highest BCUT2D eigenvalue weighted by atomic mass is 19.4. The van der Waals surface area contributed by atoms with E-state index in [1.54, 1.807) is 36.4 Å². The fourth-order valence-electron chi connectivity index (χ4n) is 3.83. The van der Waals surface area contributed by atoms with Gasteiger partial charge in [0.05, 0.1) is 20.8 Å². The van der Waals surface area contributed by atoms with Gasteiger partial charge in [-0.3, -0.25) is 14.2 Å². The molecule has 0 spiro atoms. The standard InChI is InChI=1S/C27H23F3N4O6/c1-38-22-11-10-19(25(33-22)39-2)17-8-9-18(21(12-17)40-27(28,29)30)14-31-24(36)20-13-23(35)34(26(37)32-20)15-16-6-4-3-5-7-16/h3-13H,14-15H2,1-2H3,(H,31,36)(H,32,37). The highest BCUT2D eigenvalue weighted by Crippen LogP contribution is 2.35. The van der Waals surface area contributed by atoms with Crippen LogP contribution in [0.1, 0.15) is 21.6 Å². The number of nitrogens with one attached hydrogen (secondary N) is 2. The third kappa shape index (κ3) is 6.67. The zero-order chi connectivity index (χ0) is 28.9. The number of rotatable bonds is 9. The number of carbonyl (C=O) groups is 1. The van der Waals surface area contributed by atoms with E-state index < -0.39 is 35.8 Å². The van der Waals surface area contributed by atoms with E-state index in [1.165, 1.54) is 32.4 Å². The maximum Gasteiger partial charge on any atom is 0.573 e. The predicted molar refractivity (Wildman–Crippen MR) is 137 cm³/mol. The highest BCUT2D eigenvalue weighted by molar-refractivity contribution is 5.92. The van der Waals surface area contributed by atoms with Crippen LogP contribution in [0.5, 0.6) is 17.5 Å². The largest absolute Gasteiger partial charge is 0.573 e. The Labute approximate surface area is 225 Å². The number of amides is 1. The van der Waals surface area contributed by atoms with E-state index in [2.05, 4.69) is 20.0 Å². The van der Waals surface area contributed by atoms with Crippen LogP contribution < -0.4 is 30.8 Å². The lowest BCUT2D eigenvalue weighted by Gasteiger charge is -2.16. The molecule has 2 aromatic heterocycles. The van der Waals surface area contributed by atoms with Gasteiger partial charge in [-0.1, -0.05) is 42.5 Å². The maximum atomic E-state index is 13.2. The second kappa shape index (κ2) is 11.8. The first-order valence-corrected chi connectivity index (χ1v) is 11.7. The van der Waals surface area contributed by atoms with Crippen molar-refractivity contribution in [3.05, 3.63) is 104 Å². The monoisotopic (exact) mass is 556 g/mol. The van der Waals surface area contributed by atoms with Crippen molar-refractivity contribution in [1.29, 1.82) is 0 Å². The summed E-state index contributed by atoms with van der Waals surface area (Å²) in [4.78, 5) is 44.1. The number of ether oxygens (including phenoxy) is 3. The molecule has 0 unspecified atom stereocenters. The SMILES string of the molecule is COc1ccc(-c2ccc(CNC(=O)c3cc(=O)n(Cc4ccccc4)c(=O)[nH]3)c(OC(F)(F)F)c2)c(OC)n1. The molecule has 4 rings (SSSR count). The maximum absolute atomic E-state index is 13.2. The molecule has 0 atom stereocenters. The van der Waals surface area contributed by atoms with E-state index in [1.807, 2.05) is 0 Å². The second-order valence-corrected chi connectivity index (χ2v) is 8.36. The number of aromatic amines is 1. The molecular formula is C27H23F3N4O6. The van der Waals surface area contributed by atoms with Crippen molar-refractivity contribution in [2.75, 3.05) is 14.2 Å². The number of alkyl halides is 3. The first kappa shape index (κ1) is 28.0. The molecule has 0 saturated carbocycles. The number of H-pyrrole nitrogens is 1. The van der Waals surface area contributed by atoms with Gasteiger partial charge >= 0.3 is 12.1 Å². The predicted octanol–water partition coefficient (Wildman–Crippen LogP) is 3.49. The molecule has 0 aliphatic heterocycles. The number of hydrogen-bond acceptors (Lipinski definition) is 7. The number of halogens is 3. The molecule has 40 heavy (non-hydrogen) atoms. The van der Waals surface area contributed by atoms with Crippen LogP contribution in [0.25, 0.3) is 11.1 Å². The minimum Gasteiger partial charge on any atom is -0.481 e. The smallest absolute Gasteiger partial charge is 0.481 e. The minimum atomic E-state index is -5.02. The number of hydrogen-bond donors (Lipinski definition) is 2. The summed E-state index contributed by atoms with van der Waals surface area (Å²) in [6, 6.07) is 16.8. The molecule has 4 aromatic rings. The van der Waals surface area contributed by atoms with Crippen molar-refractivity contribution in [3.8, 4) is 28.6 Å². The van der Waals surface area contributed by atoms with Crippen LogP contribution in [0.15, 0.2) is 76.3 Å². The fourth-order valence-corrected chi connectivity index (χ4v) is 3.83. The zero-order valence-electron chi connectivity index (χ0n) is 21.2. The van der Waals surface area contributed by atoms with Crippen molar-refractivity contribution in [3.63, 3.8) is 0 Å². The van der Waals surface area contributed by atoms with Gasteiger partial charge in [0.1, 0.15) is 11.4 Å². The van der Waals surface area contributed by atoms with Crippen molar-refractivity contribution >= 4 is 5.91 Å². The van der Waals surface area contributed by atoms with E-state index in [0.29, 0.717) is 16.7 Å². The van der Waals surface area contributed by atoms with Crippen LogP contribution in [-0.2, 0) is 13.1 Å². The molecule has 0 aliphatic rings. The Kier molecular flexibility index (Phi) is 8.22. The van der Waals surface area contributed by atoms with Gasteiger partial charge < -0.3 is 24.5 Å². The average Bonchev–Trinajstić information content (AvgIpc) is 2.93. The van der Waals surface area contributed by atoms with Gasteiger partial charge in [-0.15, -0.1) is 13.2 Å². The highest BCUT2D eigenvalue weighted by Gasteiger charge is 2.32. The van der Waals surface area contributed by atoms with E-state index in [0.717, 1.165) is 16.7 Å². The molecule has 0 aliphatic carbocycles. The average molecular weight is 556 g/mol. The summed E-state index contributed by atoms with van der Waals surface area (Å²) in [6.07, 6.45) is -5.02. The summed E-state index contributed by atoms with van der Waals surface area (Å²) in [5, 5.41) is 2.40. The quantitative estimate of drug-likeness (QED) is 0.323. The van der Waals surface area contributed by atoms with Crippen molar-refractivity contribution in [1.82, 2.24) is 19.9 Å². The molecule has 0 radical (unpaired) electrons. The van der Waals surface area contributed by atoms with E-state index in [4.69, 9.17) is 9.47 Å². The number of methoxy groups -OCH3 is 2. The molecule has 2 heterocycles. The Hall–Kier alpha value is -5.07. The van der Waals surface area contributed by atoms with Gasteiger partial charge in [-0.2, -0.15) is 4.98 Å². The molecule has 0 saturated heterocycles. The number of pyridine rings is 1. The van der Waals surface area contributed by atoms with Crippen molar-refractivity contribution in [2.24, 2.45) is 0 Å². The van der Waals surface area contributed by atoms with Crippen LogP contribution in [0.4, 0.5) is 13.2 Å². The number of carbonyl (C=O) groups excluding carboxylic acids is 1. The summed E-state index contributed by atoms with van der Waals surface area (Å²) < 4.78 is 55.0. The van der Waals surface area contributed by atoms with Crippen LogP contribution in [-0.4, -0.2) is 41.0 Å².